The first-order valence-corrected chi connectivity index (χ1v) is 13.5. The van der Waals surface area contributed by atoms with Gasteiger partial charge in [0, 0.05) is 0 Å². The van der Waals surface area contributed by atoms with E-state index in [1.165, 1.54) is 27.8 Å². The van der Waals surface area contributed by atoms with Crippen LogP contribution in [0.15, 0.2) is 109 Å². The minimum atomic E-state index is -0.340. The molecular weight excluding hydrogens is 476 g/mol. The van der Waals surface area contributed by atoms with Crippen LogP contribution in [0.25, 0.3) is 22.3 Å². The van der Waals surface area contributed by atoms with Gasteiger partial charge in [-0.05, 0) is 92.1 Å². The Morgan fingerprint density at radius 1 is 0.538 bits per heavy atom. The molecule has 0 aromatic heterocycles. The smallest absolute Gasteiger partial charge is 0.344 e. The van der Waals surface area contributed by atoms with Crippen molar-refractivity contribution >= 4 is 5.97 Å². The van der Waals surface area contributed by atoms with Crippen molar-refractivity contribution < 1.29 is 9.53 Å². The van der Waals surface area contributed by atoms with E-state index in [1.54, 1.807) is 0 Å². The first-order valence-electron chi connectivity index (χ1n) is 13.5. The summed E-state index contributed by atoms with van der Waals surface area (Å²) in [4.78, 5) is 13.3. The van der Waals surface area contributed by atoms with Gasteiger partial charge in [-0.15, -0.1) is 0 Å². The summed E-state index contributed by atoms with van der Waals surface area (Å²) >= 11 is 0. The lowest BCUT2D eigenvalue weighted by atomic mass is 9.90. The lowest BCUT2D eigenvalue weighted by Crippen LogP contribution is -2.11. The molecule has 0 heterocycles. The molecule has 5 rings (SSSR count). The van der Waals surface area contributed by atoms with Crippen molar-refractivity contribution in [1.82, 2.24) is 0 Å². The van der Waals surface area contributed by atoms with Gasteiger partial charge in [0.25, 0.3) is 0 Å². The molecule has 194 valence electrons. The second-order valence-electron chi connectivity index (χ2n) is 10.5. The monoisotopic (exact) mass is 510 g/mol. The Labute approximate surface area is 231 Å². The highest BCUT2D eigenvalue weighted by molar-refractivity contribution is 5.99. The molecule has 0 fully saturated rings. The average molecular weight is 511 g/mol. The Hall–Kier alpha value is -4.43. The van der Waals surface area contributed by atoms with E-state index in [0.717, 1.165) is 40.7 Å². The molecule has 0 aliphatic carbocycles. The van der Waals surface area contributed by atoms with Crippen molar-refractivity contribution in [2.45, 2.75) is 40.5 Å². The molecule has 2 nitrogen and oxygen atoms in total. The quantitative estimate of drug-likeness (QED) is 0.161. The van der Waals surface area contributed by atoms with Gasteiger partial charge in [0.2, 0.25) is 0 Å². The van der Waals surface area contributed by atoms with Crippen LogP contribution in [0.4, 0.5) is 0 Å². The van der Waals surface area contributed by atoms with Crippen LogP contribution in [0.5, 0.6) is 5.75 Å². The van der Waals surface area contributed by atoms with Crippen LogP contribution in [-0.2, 0) is 12.8 Å². The fourth-order valence-electron chi connectivity index (χ4n) is 4.88. The van der Waals surface area contributed by atoms with E-state index < -0.39 is 0 Å². The van der Waals surface area contributed by atoms with Crippen LogP contribution in [-0.4, -0.2) is 5.97 Å². The first kappa shape index (κ1) is 26.2. The Kier molecular flexibility index (Phi) is 7.74. The summed E-state index contributed by atoms with van der Waals surface area (Å²) in [5.41, 5.74) is 12.2. The van der Waals surface area contributed by atoms with Gasteiger partial charge < -0.3 is 4.74 Å². The Bertz CT molecular complexity index is 1590. The maximum Gasteiger partial charge on any atom is 0.344 e. The fraction of sp³-hybridized carbons (Fsp3) is 0.162. The van der Waals surface area contributed by atoms with Crippen molar-refractivity contribution in [3.05, 3.63) is 148 Å². The van der Waals surface area contributed by atoms with Gasteiger partial charge in [0.15, 0.2) is 0 Å². The van der Waals surface area contributed by atoms with Crippen molar-refractivity contribution in [3.63, 3.8) is 0 Å². The number of aryl methyl sites for hydroxylation is 6. The number of benzene rings is 5. The molecule has 0 amide bonds. The molecule has 0 N–H and O–H groups in total. The minimum Gasteiger partial charge on any atom is -0.423 e. The van der Waals surface area contributed by atoms with Crippen LogP contribution < -0.4 is 4.74 Å². The molecule has 0 saturated carbocycles. The van der Waals surface area contributed by atoms with Gasteiger partial charge in [-0.25, -0.2) is 4.79 Å². The number of ether oxygens (including phenoxy) is 1. The third kappa shape index (κ3) is 6.35. The molecule has 0 spiro atoms. The second kappa shape index (κ2) is 11.5. The van der Waals surface area contributed by atoms with E-state index in [9.17, 15) is 4.79 Å². The standard InChI is InChI=1S/C37H34O2/c1-25-5-14-30(15-6-25)31-17-11-29(12-18-31)13-19-32-16-7-27(3)23-35(32)36-24-28(4)10-22-34(36)37(38)39-33-20-8-26(2)9-21-33/h5-12,14-18,20-24H,13,19H2,1-4H3. The normalized spacial score (nSPS) is 10.9. The van der Waals surface area contributed by atoms with Gasteiger partial charge in [0.1, 0.15) is 5.75 Å². The van der Waals surface area contributed by atoms with E-state index in [1.807, 2.05) is 43.3 Å². The van der Waals surface area contributed by atoms with E-state index >= 15 is 0 Å². The summed E-state index contributed by atoms with van der Waals surface area (Å²) in [5.74, 6) is 0.212. The van der Waals surface area contributed by atoms with Gasteiger partial charge in [-0.1, -0.05) is 113 Å². The van der Waals surface area contributed by atoms with E-state index in [4.69, 9.17) is 4.74 Å². The summed E-state index contributed by atoms with van der Waals surface area (Å²) in [5, 5.41) is 0. The molecular formula is C37H34O2. The summed E-state index contributed by atoms with van der Waals surface area (Å²) < 4.78 is 5.77. The van der Waals surface area contributed by atoms with Crippen LogP contribution in [0.3, 0.4) is 0 Å². The van der Waals surface area contributed by atoms with Crippen molar-refractivity contribution in [2.24, 2.45) is 0 Å². The molecule has 0 unspecified atom stereocenters. The summed E-state index contributed by atoms with van der Waals surface area (Å²) in [6.07, 6.45) is 1.79. The SMILES string of the molecule is Cc1ccc(OC(=O)c2ccc(C)cc2-c2cc(C)ccc2CCc2ccc(-c3ccc(C)cc3)cc2)cc1. The highest BCUT2D eigenvalue weighted by Crippen LogP contribution is 2.31. The Morgan fingerprint density at radius 3 is 1.69 bits per heavy atom. The number of hydrogen-bond donors (Lipinski definition) is 0. The van der Waals surface area contributed by atoms with Crippen molar-refractivity contribution in [3.8, 4) is 28.0 Å². The first-order chi connectivity index (χ1) is 18.9. The summed E-state index contributed by atoms with van der Waals surface area (Å²) in [6.45, 7) is 8.28. The molecule has 0 radical (unpaired) electrons. The second-order valence-corrected chi connectivity index (χ2v) is 10.5. The lowest BCUT2D eigenvalue weighted by molar-refractivity contribution is 0.0735. The van der Waals surface area contributed by atoms with Gasteiger partial charge in [0.05, 0.1) is 5.56 Å². The zero-order valence-electron chi connectivity index (χ0n) is 23.1. The molecule has 2 heteroatoms. The molecule has 39 heavy (non-hydrogen) atoms. The van der Waals surface area contributed by atoms with E-state index in [0.29, 0.717) is 11.3 Å². The van der Waals surface area contributed by atoms with Crippen molar-refractivity contribution in [2.75, 3.05) is 0 Å². The highest BCUT2D eigenvalue weighted by atomic mass is 16.5. The predicted molar refractivity (Wildman–Crippen MR) is 162 cm³/mol. The Morgan fingerprint density at radius 2 is 1.05 bits per heavy atom. The lowest BCUT2D eigenvalue weighted by Gasteiger charge is -2.16. The van der Waals surface area contributed by atoms with Gasteiger partial charge in [-0.2, -0.15) is 0 Å². The largest absolute Gasteiger partial charge is 0.423 e. The zero-order valence-corrected chi connectivity index (χ0v) is 23.1. The van der Waals surface area contributed by atoms with Crippen LogP contribution in [0.1, 0.15) is 43.7 Å². The van der Waals surface area contributed by atoms with Crippen molar-refractivity contribution in [1.29, 1.82) is 0 Å². The van der Waals surface area contributed by atoms with Crippen LogP contribution in [0.2, 0.25) is 0 Å². The maximum absolute atomic E-state index is 13.3. The molecule has 5 aromatic rings. The molecule has 5 aromatic carbocycles. The average Bonchev–Trinajstić information content (AvgIpc) is 2.94. The maximum atomic E-state index is 13.3. The van der Waals surface area contributed by atoms with E-state index in [2.05, 4.69) is 93.6 Å². The van der Waals surface area contributed by atoms with E-state index in [-0.39, 0.29) is 5.97 Å². The van der Waals surface area contributed by atoms with Gasteiger partial charge in [-0.3, -0.25) is 0 Å². The third-order valence-electron chi connectivity index (χ3n) is 7.20. The molecule has 0 aliphatic rings. The highest BCUT2D eigenvalue weighted by Gasteiger charge is 2.18. The number of hydrogen-bond acceptors (Lipinski definition) is 2. The number of carbonyl (C=O) groups is 1. The third-order valence-corrected chi connectivity index (χ3v) is 7.20. The number of esters is 1. The topological polar surface area (TPSA) is 26.3 Å². The minimum absolute atomic E-state index is 0.340. The molecule has 0 atom stereocenters. The molecule has 0 aliphatic heterocycles. The fourth-order valence-corrected chi connectivity index (χ4v) is 4.88. The Balaban J connectivity index is 1.40. The molecule has 0 bridgehead atoms. The zero-order chi connectivity index (χ0) is 27.4. The van der Waals surface area contributed by atoms with Crippen LogP contribution >= 0.6 is 0 Å². The molecule has 0 saturated heterocycles. The summed E-state index contributed by atoms with van der Waals surface area (Å²) in [7, 11) is 0. The predicted octanol–water partition coefficient (Wildman–Crippen LogP) is 9.26. The summed E-state index contributed by atoms with van der Waals surface area (Å²) in [6, 6.07) is 37.6. The number of carbonyl (C=O) groups excluding carboxylic acids is 1. The van der Waals surface area contributed by atoms with Crippen LogP contribution in [0, 0.1) is 27.7 Å². The van der Waals surface area contributed by atoms with Gasteiger partial charge >= 0.3 is 5.97 Å². The number of rotatable bonds is 7.